The number of nitrogen functional groups attached to an aromatic ring is 1. The fraction of sp³-hybridized carbons (Fsp3) is 0.100. The van der Waals surface area contributed by atoms with E-state index in [1.54, 1.807) is 0 Å². The maximum absolute atomic E-state index is 12.1. The van der Waals surface area contributed by atoms with Crippen LogP contribution in [0.25, 0.3) is 0 Å². The maximum atomic E-state index is 12.1. The average Bonchev–Trinajstić information content (AvgIpc) is 2.86. The molecule has 1 heterocycles. The molecule has 0 radical (unpaired) electrons. The number of H-pyrrole nitrogens is 1. The van der Waals surface area contributed by atoms with E-state index in [1.807, 2.05) is 0 Å². The van der Waals surface area contributed by atoms with Crippen molar-refractivity contribution in [2.75, 3.05) is 5.73 Å². The van der Waals surface area contributed by atoms with Gasteiger partial charge < -0.3 is 10.7 Å². The van der Waals surface area contributed by atoms with Gasteiger partial charge in [0.2, 0.25) is 10.0 Å². The largest absolute Gasteiger partial charge is 0.396 e. The first-order valence-electron chi connectivity index (χ1n) is 5.12. The van der Waals surface area contributed by atoms with Crippen molar-refractivity contribution in [3.8, 4) is 0 Å². The fourth-order valence-electron chi connectivity index (χ4n) is 1.39. The van der Waals surface area contributed by atoms with Crippen molar-refractivity contribution in [2.24, 2.45) is 0 Å². The Kier molecular flexibility index (Phi) is 4.00. The standard InChI is InChI=1S/C10H10Cl2N4O2S/c11-7-1-2-8(9(12)10(7)13)19(17,18)16-4-6-3-14-5-15-6/h1-3,5,16H,4,13H2,(H,14,15). The number of imidazole rings is 1. The summed E-state index contributed by atoms with van der Waals surface area (Å²) in [5.74, 6) is 0. The molecule has 1 aromatic carbocycles. The highest BCUT2D eigenvalue weighted by atomic mass is 35.5. The van der Waals surface area contributed by atoms with E-state index in [9.17, 15) is 8.42 Å². The number of anilines is 1. The Morgan fingerprint density at radius 2 is 2.11 bits per heavy atom. The van der Waals surface area contributed by atoms with Crippen molar-refractivity contribution >= 4 is 38.9 Å². The zero-order valence-electron chi connectivity index (χ0n) is 9.52. The van der Waals surface area contributed by atoms with E-state index in [0.29, 0.717) is 5.69 Å². The molecule has 102 valence electrons. The lowest BCUT2D eigenvalue weighted by molar-refractivity contribution is 0.580. The molecule has 0 fully saturated rings. The summed E-state index contributed by atoms with van der Waals surface area (Å²) in [6, 6.07) is 2.68. The van der Waals surface area contributed by atoms with Gasteiger partial charge in [-0.3, -0.25) is 0 Å². The topological polar surface area (TPSA) is 101 Å². The highest BCUT2D eigenvalue weighted by Gasteiger charge is 2.20. The molecule has 19 heavy (non-hydrogen) atoms. The first kappa shape index (κ1) is 14.1. The van der Waals surface area contributed by atoms with Crippen LogP contribution >= 0.6 is 23.2 Å². The van der Waals surface area contributed by atoms with Crippen LogP contribution in [0.3, 0.4) is 0 Å². The molecule has 4 N–H and O–H groups in total. The highest BCUT2D eigenvalue weighted by molar-refractivity contribution is 7.89. The van der Waals surface area contributed by atoms with Gasteiger partial charge in [0.1, 0.15) is 4.90 Å². The number of hydrogen-bond donors (Lipinski definition) is 3. The van der Waals surface area contributed by atoms with Crippen molar-refractivity contribution in [3.63, 3.8) is 0 Å². The van der Waals surface area contributed by atoms with Gasteiger partial charge >= 0.3 is 0 Å². The Bertz CT molecular complexity index is 686. The Balaban J connectivity index is 2.27. The van der Waals surface area contributed by atoms with Crippen molar-refractivity contribution in [3.05, 3.63) is 40.4 Å². The monoisotopic (exact) mass is 320 g/mol. The number of rotatable bonds is 4. The van der Waals surface area contributed by atoms with Gasteiger partial charge in [0, 0.05) is 11.9 Å². The second-order valence-electron chi connectivity index (χ2n) is 3.67. The van der Waals surface area contributed by atoms with E-state index >= 15 is 0 Å². The number of halogens is 2. The summed E-state index contributed by atoms with van der Waals surface area (Å²) in [6.45, 7) is 0.0706. The second kappa shape index (κ2) is 5.38. The minimum absolute atomic E-state index is 0.0350. The van der Waals surface area contributed by atoms with Crippen LogP contribution < -0.4 is 10.5 Å². The molecule has 1 aromatic heterocycles. The Hall–Kier alpha value is -1.28. The van der Waals surface area contributed by atoms with Crippen LogP contribution in [-0.4, -0.2) is 18.4 Å². The Labute approximate surface area is 120 Å². The van der Waals surface area contributed by atoms with Gasteiger partial charge in [-0.1, -0.05) is 23.2 Å². The summed E-state index contributed by atoms with van der Waals surface area (Å²) >= 11 is 11.7. The minimum Gasteiger partial charge on any atom is -0.396 e. The van der Waals surface area contributed by atoms with Gasteiger partial charge in [-0.25, -0.2) is 18.1 Å². The van der Waals surface area contributed by atoms with Crippen LogP contribution in [0.4, 0.5) is 5.69 Å². The lowest BCUT2D eigenvalue weighted by atomic mass is 10.3. The molecule has 0 amide bonds. The highest BCUT2D eigenvalue weighted by Crippen LogP contribution is 2.32. The van der Waals surface area contributed by atoms with E-state index in [1.165, 1.54) is 24.7 Å². The van der Waals surface area contributed by atoms with Crippen molar-refractivity contribution in [1.82, 2.24) is 14.7 Å². The third-order valence-electron chi connectivity index (χ3n) is 2.39. The number of aromatic amines is 1. The number of sulfonamides is 1. The van der Waals surface area contributed by atoms with Crippen LogP contribution in [-0.2, 0) is 16.6 Å². The molecule has 0 bridgehead atoms. The molecule has 0 atom stereocenters. The predicted octanol–water partition coefficient (Wildman–Crippen LogP) is 1.78. The van der Waals surface area contributed by atoms with E-state index in [-0.39, 0.29) is 27.2 Å². The van der Waals surface area contributed by atoms with Crippen LogP contribution in [0, 0.1) is 0 Å². The molecule has 0 saturated carbocycles. The lowest BCUT2D eigenvalue weighted by Gasteiger charge is -2.10. The van der Waals surface area contributed by atoms with Crippen LogP contribution in [0.2, 0.25) is 10.0 Å². The number of nitrogens with one attached hydrogen (secondary N) is 2. The first-order valence-corrected chi connectivity index (χ1v) is 7.36. The molecule has 9 heteroatoms. The van der Waals surface area contributed by atoms with Crippen molar-refractivity contribution in [2.45, 2.75) is 11.4 Å². The Morgan fingerprint density at radius 3 is 2.74 bits per heavy atom. The summed E-state index contributed by atoms with van der Waals surface area (Å²) in [7, 11) is -3.77. The third-order valence-corrected chi connectivity index (χ3v) is 4.68. The third kappa shape index (κ3) is 3.01. The summed E-state index contributed by atoms with van der Waals surface area (Å²) in [5.41, 5.74) is 6.26. The molecule has 0 aliphatic rings. The molecule has 0 aliphatic heterocycles. The molecule has 0 spiro atoms. The predicted molar refractivity (Wildman–Crippen MR) is 73.5 cm³/mol. The van der Waals surface area contributed by atoms with E-state index in [4.69, 9.17) is 28.9 Å². The summed E-state index contributed by atoms with van der Waals surface area (Å²) in [4.78, 5) is 6.45. The minimum atomic E-state index is -3.77. The van der Waals surface area contributed by atoms with Crippen molar-refractivity contribution < 1.29 is 8.42 Å². The van der Waals surface area contributed by atoms with Gasteiger partial charge in [-0.05, 0) is 12.1 Å². The SMILES string of the molecule is Nc1c(Cl)ccc(S(=O)(=O)NCc2cnc[nH]2)c1Cl. The first-order chi connectivity index (χ1) is 8.92. The number of hydrogen-bond acceptors (Lipinski definition) is 4. The smallest absolute Gasteiger partial charge is 0.242 e. The zero-order chi connectivity index (χ0) is 14.0. The molecule has 0 saturated heterocycles. The normalized spacial score (nSPS) is 11.7. The van der Waals surface area contributed by atoms with Crippen LogP contribution in [0.1, 0.15) is 5.69 Å². The molecular weight excluding hydrogens is 311 g/mol. The molecule has 6 nitrogen and oxygen atoms in total. The van der Waals surface area contributed by atoms with Gasteiger partial charge in [0.05, 0.1) is 28.6 Å². The van der Waals surface area contributed by atoms with Crippen LogP contribution in [0.5, 0.6) is 0 Å². The zero-order valence-corrected chi connectivity index (χ0v) is 11.9. The summed E-state index contributed by atoms with van der Waals surface area (Å²) < 4.78 is 26.5. The number of nitrogens with zero attached hydrogens (tertiary/aromatic N) is 1. The summed E-state index contributed by atoms with van der Waals surface area (Å²) in [5, 5.41) is 0.113. The quantitative estimate of drug-likeness (QED) is 0.747. The fourth-order valence-corrected chi connectivity index (χ4v) is 3.16. The molecular formula is C10H10Cl2N4O2S. The van der Waals surface area contributed by atoms with E-state index in [0.717, 1.165) is 0 Å². The summed E-state index contributed by atoms with van der Waals surface area (Å²) in [6.07, 6.45) is 2.97. The van der Waals surface area contributed by atoms with Crippen molar-refractivity contribution in [1.29, 1.82) is 0 Å². The van der Waals surface area contributed by atoms with Gasteiger partial charge in [0.15, 0.2) is 0 Å². The number of aromatic nitrogens is 2. The molecule has 2 aromatic rings. The van der Waals surface area contributed by atoms with E-state index < -0.39 is 10.0 Å². The average molecular weight is 321 g/mol. The lowest BCUT2D eigenvalue weighted by Crippen LogP contribution is -2.24. The molecule has 0 aliphatic carbocycles. The second-order valence-corrected chi connectivity index (χ2v) is 6.20. The van der Waals surface area contributed by atoms with Gasteiger partial charge in [-0.15, -0.1) is 0 Å². The molecule has 0 unspecified atom stereocenters. The Morgan fingerprint density at radius 1 is 1.37 bits per heavy atom. The molecule has 2 rings (SSSR count). The maximum Gasteiger partial charge on any atom is 0.242 e. The number of benzene rings is 1. The van der Waals surface area contributed by atoms with E-state index in [2.05, 4.69) is 14.7 Å². The van der Waals surface area contributed by atoms with Crippen LogP contribution in [0.15, 0.2) is 29.6 Å². The number of nitrogens with two attached hydrogens (primary N) is 1. The van der Waals surface area contributed by atoms with Gasteiger partial charge in [0.25, 0.3) is 0 Å². The van der Waals surface area contributed by atoms with Gasteiger partial charge in [-0.2, -0.15) is 0 Å².